The molecule has 6 heteroatoms. The molecule has 2 aliphatic heterocycles. The van der Waals surface area contributed by atoms with Gasteiger partial charge in [-0.3, -0.25) is 9.69 Å². The van der Waals surface area contributed by atoms with E-state index in [-0.39, 0.29) is 11.7 Å². The Morgan fingerprint density at radius 1 is 1.12 bits per heavy atom. The van der Waals surface area contributed by atoms with E-state index in [4.69, 9.17) is 4.74 Å². The molecule has 0 radical (unpaired) electrons. The molecule has 2 heterocycles. The lowest BCUT2D eigenvalue weighted by Crippen LogP contribution is -2.45. The third kappa shape index (κ3) is 5.42. The maximum absolute atomic E-state index is 12.9. The van der Waals surface area contributed by atoms with Crippen molar-refractivity contribution in [1.82, 2.24) is 14.7 Å². The first kappa shape index (κ1) is 19.1. The molecule has 3 rings (SSSR count). The highest BCUT2D eigenvalue weighted by atomic mass is 19.1. The third-order valence-corrected chi connectivity index (χ3v) is 5.36. The van der Waals surface area contributed by atoms with Crippen LogP contribution in [0, 0.1) is 11.7 Å². The number of amides is 1. The molecule has 0 aliphatic carbocycles. The van der Waals surface area contributed by atoms with Gasteiger partial charge in [-0.2, -0.15) is 0 Å². The van der Waals surface area contributed by atoms with Crippen LogP contribution in [0.3, 0.4) is 0 Å². The summed E-state index contributed by atoms with van der Waals surface area (Å²) in [7, 11) is 2.10. The standard InChI is InChI=1S/C20H30FN3O2/c1-22-9-2-4-17(16-22)20(25)24-11-3-10-23(12-13-24)14-15-26-19-7-5-18(21)6-8-19/h5-8,17H,2-4,9-16H2,1H3. The number of carbonyl (C=O) groups excluding carboxylic acids is 1. The summed E-state index contributed by atoms with van der Waals surface area (Å²) >= 11 is 0. The van der Waals surface area contributed by atoms with Crippen molar-refractivity contribution in [2.24, 2.45) is 5.92 Å². The van der Waals surface area contributed by atoms with E-state index >= 15 is 0 Å². The molecular formula is C20H30FN3O2. The molecule has 1 aromatic rings. The van der Waals surface area contributed by atoms with Crippen molar-refractivity contribution in [3.8, 4) is 5.75 Å². The average molecular weight is 363 g/mol. The van der Waals surface area contributed by atoms with Crippen LogP contribution in [0.15, 0.2) is 24.3 Å². The minimum absolute atomic E-state index is 0.169. The van der Waals surface area contributed by atoms with E-state index in [1.165, 1.54) is 12.1 Å². The number of rotatable bonds is 5. The zero-order chi connectivity index (χ0) is 18.4. The van der Waals surface area contributed by atoms with Crippen LogP contribution in [0.4, 0.5) is 4.39 Å². The van der Waals surface area contributed by atoms with Crippen molar-refractivity contribution in [3.63, 3.8) is 0 Å². The largest absolute Gasteiger partial charge is 0.492 e. The molecule has 1 unspecified atom stereocenters. The predicted molar refractivity (Wildman–Crippen MR) is 99.8 cm³/mol. The molecule has 1 atom stereocenters. The second-order valence-corrected chi connectivity index (χ2v) is 7.42. The lowest BCUT2D eigenvalue weighted by Gasteiger charge is -2.32. The Morgan fingerprint density at radius 3 is 2.69 bits per heavy atom. The molecule has 2 aliphatic rings. The summed E-state index contributed by atoms with van der Waals surface area (Å²) in [5.41, 5.74) is 0. The van der Waals surface area contributed by atoms with Gasteiger partial charge in [-0.15, -0.1) is 0 Å². The molecule has 5 nitrogen and oxygen atoms in total. The van der Waals surface area contributed by atoms with Crippen LogP contribution < -0.4 is 4.74 Å². The number of likely N-dealkylation sites (tertiary alicyclic amines) is 1. The van der Waals surface area contributed by atoms with Crippen LogP contribution in [0.2, 0.25) is 0 Å². The fraction of sp³-hybridized carbons (Fsp3) is 0.650. The first-order chi connectivity index (χ1) is 12.6. The van der Waals surface area contributed by atoms with Gasteiger partial charge in [0.2, 0.25) is 5.91 Å². The van der Waals surface area contributed by atoms with Crippen LogP contribution in [-0.4, -0.2) is 80.1 Å². The molecule has 2 saturated heterocycles. The van der Waals surface area contributed by atoms with E-state index in [2.05, 4.69) is 21.7 Å². The molecule has 1 aromatic carbocycles. The number of benzene rings is 1. The van der Waals surface area contributed by atoms with Crippen LogP contribution >= 0.6 is 0 Å². The van der Waals surface area contributed by atoms with Gasteiger partial charge in [0, 0.05) is 39.3 Å². The number of nitrogens with zero attached hydrogens (tertiary/aromatic N) is 3. The Kier molecular flexibility index (Phi) is 6.86. The molecule has 0 N–H and O–H groups in total. The number of ether oxygens (including phenoxy) is 1. The second-order valence-electron chi connectivity index (χ2n) is 7.42. The first-order valence-corrected chi connectivity index (χ1v) is 9.70. The van der Waals surface area contributed by atoms with E-state index < -0.39 is 0 Å². The van der Waals surface area contributed by atoms with Gasteiger partial charge in [-0.25, -0.2) is 4.39 Å². The van der Waals surface area contributed by atoms with Crippen molar-refractivity contribution in [2.75, 3.05) is 59.5 Å². The van der Waals surface area contributed by atoms with E-state index in [1.54, 1.807) is 12.1 Å². The van der Waals surface area contributed by atoms with Gasteiger partial charge in [-0.05, 0) is 57.1 Å². The lowest BCUT2D eigenvalue weighted by atomic mass is 9.97. The van der Waals surface area contributed by atoms with Crippen LogP contribution in [-0.2, 0) is 4.79 Å². The summed E-state index contributed by atoms with van der Waals surface area (Å²) in [6, 6.07) is 6.12. The Hall–Kier alpha value is -1.66. The fourth-order valence-corrected chi connectivity index (χ4v) is 3.86. The number of halogens is 1. The monoisotopic (exact) mass is 363 g/mol. The molecule has 0 saturated carbocycles. The van der Waals surface area contributed by atoms with Crippen molar-refractivity contribution in [2.45, 2.75) is 19.3 Å². The highest BCUT2D eigenvalue weighted by molar-refractivity contribution is 5.79. The predicted octanol–water partition coefficient (Wildman–Crippen LogP) is 2.08. The summed E-state index contributed by atoms with van der Waals surface area (Å²) in [5.74, 6) is 0.946. The normalized spacial score (nSPS) is 22.8. The van der Waals surface area contributed by atoms with Gasteiger partial charge in [-0.1, -0.05) is 0 Å². The first-order valence-electron chi connectivity index (χ1n) is 9.70. The van der Waals surface area contributed by atoms with Crippen LogP contribution in [0.1, 0.15) is 19.3 Å². The van der Waals surface area contributed by atoms with Gasteiger partial charge in [0.25, 0.3) is 0 Å². The van der Waals surface area contributed by atoms with Crippen molar-refractivity contribution >= 4 is 5.91 Å². The highest BCUT2D eigenvalue weighted by Crippen LogP contribution is 2.19. The minimum atomic E-state index is -0.251. The number of hydrogen-bond donors (Lipinski definition) is 0. The molecule has 26 heavy (non-hydrogen) atoms. The number of hydrogen-bond acceptors (Lipinski definition) is 4. The SMILES string of the molecule is CN1CCCC(C(=O)N2CCCN(CCOc3ccc(F)cc3)CC2)C1. The smallest absolute Gasteiger partial charge is 0.227 e. The Balaban J connectivity index is 1.41. The zero-order valence-electron chi connectivity index (χ0n) is 15.7. The lowest BCUT2D eigenvalue weighted by molar-refractivity contribution is -0.137. The minimum Gasteiger partial charge on any atom is -0.492 e. The molecule has 144 valence electrons. The topological polar surface area (TPSA) is 36.0 Å². The average Bonchev–Trinajstić information content (AvgIpc) is 2.88. The summed E-state index contributed by atoms with van der Waals surface area (Å²) < 4.78 is 18.6. The quantitative estimate of drug-likeness (QED) is 0.803. The van der Waals surface area contributed by atoms with Crippen molar-refractivity contribution < 1.29 is 13.9 Å². The molecular weight excluding hydrogens is 333 g/mol. The Labute approximate surface area is 155 Å². The second kappa shape index (κ2) is 9.33. The zero-order valence-corrected chi connectivity index (χ0v) is 15.7. The summed E-state index contributed by atoms with van der Waals surface area (Å²) in [6.45, 7) is 6.93. The molecule has 2 fully saturated rings. The van der Waals surface area contributed by atoms with E-state index in [0.717, 1.165) is 65.1 Å². The third-order valence-electron chi connectivity index (χ3n) is 5.36. The maximum atomic E-state index is 12.9. The van der Waals surface area contributed by atoms with Gasteiger partial charge >= 0.3 is 0 Å². The van der Waals surface area contributed by atoms with Gasteiger partial charge in [0.05, 0.1) is 5.92 Å². The van der Waals surface area contributed by atoms with Gasteiger partial charge < -0.3 is 14.5 Å². The van der Waals surface area contributed by atoms with Crippen LogP contribution in [0.25, 0.3) is 0 Å². The van der Waals surface area contributed by atoms with Crippen LogP contribution in [0.5, 0.6) is 5.75 Å². The Morgan fingerprint density at radius 2 is 1.92 bits per heavy atom. The van der Waals surface area contributed by atoms with Crippen molar-refractivity contribution in [1.29, 1.82) is 0 Å². The maximum Gasteiger partial charge on any atom is 0.227 e. The summed E-state index contributed by atoms with van der Waals surface area (Å²) in [5, 5.41) is 0. The molecule has 0 spiro atoms. The fourth-order valence-electron chi connectivity index (χ4n) is 3.86. The molecule has 0 bridgehead atoms. The highest BCUT2D eigenvalue weighted by Gasteiger charge is 2.29. The van der Waals surface area contributed by atoms with Crippen molar-refractivity contribution in [3.05, 3.63) is 30.1 Å². The number of piperidine rings is 1. The van der Waals surface area contributed by atoms with Gasteiger partial charge in [0.1, 0.15) is 18.2 Å². The Bertz CT molecular complexity index is 581. The van der Waals surface area contributed by atoms with Gasteiger partial charge in [0.15, 0.2) is 0 Å². The van der Waals surface area contributed by atoms with E-state index in [1.807, 2.05) is 0 Å². The number of carbonyl (C=O) groups is 1. The molecule has 0 aromatic heterocycles. The molecule has 1 amide bonds. The van der Waals surface area contributed by atoms with E-state index in [0.29, 0.717) is 18.3 Å². The summed E-state index contributed by atoms with van der Waals surface area (Å²) in [4.78, 5) is 19.5. The summed E-state index contributed by atoms with van der Waals surface area (Å²) in [6.07, 6.45) is 3.15. The van der Waals surface area contributed by atoms with E-state index in [9.17, 15) is 9.18 Å².